The summed E-state index contributed by atoms with van der Waals surface area (Å²) in [5.74, 6) is 0.131. The van der Waals surface area contributed by atoms with E-state index >= 15 is 4.39 Å². The lowest BCUT2D eigenvalue weighted by Gasteiger charge is -2.45. The van der Waals surface area contributed by atoms with Gasteiger partial charge in [0.15, 0.2) is 0 Å². The molecule has 5 rings (SSSR count). The maximum Gasteiger partial charge on any atom is 0.148 e. The number of methoxy groups -OCH3 is 1. The Kier molecular flexibility index (Phi) is 8.90. The van der Waals surface area contributed by atoms with Gasteiger partial charge < -0.3 is 14.4 Å². The molecule has 2 aromatic carbocycles. The number of benzene rings is 2. The average molecular weight is 586 g/mol. The number of nitrogens with zero attached hydrogens (tertiary/aromatic N) is 5. The number of carbonyl (C=O) groups excluding carboxylic acids is 1. The minimum atomic E-state index is -0.896. The SMILES string of the molecule is COCCN(C)C1C[C@H](c2ccc(F)cc2F)[C@](C=O)(N2CCC(c3nc(C)nn3-c3ccc(Cl)c(C)c3)CC2)C1. The molecule has 0 N–H and O–H groups in total. The zero-order valence-corrected chi connectivity index (χ0v) is 24.9. The van der Waals surface area contributed by atoms with Crippen LogP contribution in [-0.2, 0) is 9.53 Å². The molecule has 1 aliphatic heterocycles. The fourth-order valence-electron chi connectivity index (χ4n) is 6.77. The molecule has 1 aliphatic carbocycles. The third-order valence-electron chi connectivity index (χ3n) is 9.06. The van der Waals surface area contributed by atoms with Gasteiger partial charge in [0.25, 0.3) is 0 Å². The normalized spacial score (nSPS) is 23.9. The van der Waals surface area contributed by atoms with Crippen LogP contribution in [-0.4, -0.2) is 82.8 Å². The van der Waals surface area contributed by atoms with Crippen molar-refractivity contribution < 1.29 is 18.3 Å². The van der Waals surface area contributed by atoms with Gasteiger partial charge in [-0.15, -0.1) is 0 Å². The quantitative estimate of drug-likeness (QED) is 0.311. The molecule has 1 unspecified atom stereocenters. The summed E-state index contributed by atoms with van der Waals surface area (Å²) in [5.41, 5.74) is 1.39. The number of halogens is 3. The number of hydrogen-bond acceptors (Lipinski definition) is 6. The lowest BCUT2D eigenvalue weighted by atomic mass is 9.79. The predicted molar refractivity (Wildman–Crippen MR) is 155 cm³/mol. The first kappa shape index (κ1) is 29.8. The van der Waals surface area contributed by atoms with Crippen LogP contribution in [0.2, 0.25) is 5.02 Å². The monoisotopic (exact) mass is 585 g/mol. The van der Waals surface area contributed by atoms with E-state index < -0.39 is 23.1 Å². The van der Waals surface area contributed by atoms with Gasteiger partial charge in [-0.25, -0.2) is 18.4 Å². The van der Waals surface area contributed by atoms with Crippen molar-refractivity contribution in [1.82, 2.24) is 24.6 Å². The van der Waals surface area contributed by atoms with E-state index in [-0.39, 0.29) is 12.0 Å². The maximum atomic E-state index is 15.2. The van der Waals surface area contributed by atoms with E-state index in [1.165, 1.54) is 12.1 Å². The molecule has 0 spiro atoms. The fraction of sp³-hybridized carbons (Fsp3) is 0.516. The Morgan fingerprint density at radius 3 is 2.59 bits per heavy atom. The highest BCUT2D eigenvalue weighted by atomic mass is 35.5. The van der Waals surface area contributed by atoms with E-state index in [0.717, 1.165) is 42.3 Å². The second kappa shape index (κ2) is 12.3. The van der Waals surface area contributed by atoms with Gasteiger partial charge >= 0.3 is 0 Å². The fourth-order valence-corrected chi connectivity index (χ4v) is 6.89. The first-order chi connectivity index (χ1) is 19.7. The number of likely N-dealkylation sites (tertiary alicyclic amines) is 1. The lowest BCUT2D eigenvalue weighted by Crippen LogP contribution is -2.55. The second-order valence-electron chi connectivity index (χ2n) is 11.5. The molecule has 10 heteroatoms. The van der Waals surface area contributed by atoms with E-state index in [0.29, 0.717) is 55.5 Å². The molecule has 2 aliphatic rings. The standard InChI is InChI=1S/C31H38ClF2N5O2/c1-20-15-24(6-8-28(20)32)39-30(35-21(2)36-39)22-9-11-38(12-10-22)31(19-40)18-25(37(3)13-14-41-4)17-27(31)26-7-5-23(33)16-29(26)34/h5-8,15-16,19,22,25,27H,9-14,17-18H2,1-4H3/t25?,27-,31+/m1/s1. The van der Waals surface area contributed by atoms with Gasteiger partial charge in [-0.3, -0.25) is 4.90 Å². The van der Waals surface area contributed by atoms with Gasteiger partial charge in [-0.2, -0.15) is 5.10 Å². The molecule has 2 heterocycles. The van der Waals surface area contributed by atoms with E-state index in [2.05, 4.69) is 14.9 Å². The smallest absolute Gasteiger partial charge is 0.148 e. The van der Waals surface area contributed by atoms with Crippen LogP contribution in [0.25, 0.3) is 5.69 Å². The Labute approximate surface area is 245 Å². The Bertz CT molecular complexity index is 1390. The molecule has 3 atom stereocenters. The summed E-state index contributed by atoms with van der Waals surface area (Å²) in [5, 5.41) is 5.38. The van der Waals surface area contributed by atoms with Gasteiger partial charge in [0.05, 0.1) is 17.8 Å². The van der Waals surface area contributed by atoms with Crippen LogP contribution in [0.15, 0.2) is 36.4 Å². The highest BCUT2D eigenvalue weighted by molar-refractivity contribution is 6.31. The van der Waals surface area contributed by atoms with Crippen LogP contribution >= 0.6 is 11.6 Å². The van der Waals surface area contributed by atoms with Crippen molar-refractivity contribution in [3.05, 3.63) is 75.8 Å². The molecular formula is C31H38ClF2N5O2. The minimum Gasteiger partial charge on any atom is -0.383 e. The number of aromatic nitrogens is 3. The Balaban J connectivity index is 1.42. The van der Waals surface area contributed by atoms with Gasteiger partial charge in [0, 0.05) is 42.6 Å². The van der Waals surface area contributed by atoms with Crippen LogP contribution < -0.4 is 0 Å². The van der Waals surface area contributed by atoms with Gasteiger partial charge in [-0.1, -0.05) is 17.7 Å². The number of carbonyl (C=O) groups is 1. The first-order valence-corrected chi connectivity index (χ1v) is 14.6. The summed E-state index contributed by atoms with van der Waals surface area (Å²) >= 11 is 6.26. The van der Waals surface area contributed by atoms with Crippen LogP contribution in [0.4, 0.5) is 8.78 Å². The highest BCUT2D eigenvalue weighted by Gasteiger charge is 2.54. The topological polar surface area (TPSA) is 63.5 Å². The van der Waals surface area contributed by atoms with E-state index in [4.69, 9.17) is 21.3 Å². The Hall–Kier alpha value is -2.72. The summed E-state index contributed by atoms with van der Waals surface area (Å²) in [6.45, 7) is 6.44. The average Bonchev–Trinajstić information content (AvgIpc) is 3.55. The number of aldehydes is 1. The number of piperidine rings is 1. The van der Waals surface area contributed by atoms with E-state index in [1.807, 2.05) is 43.8 Å². The second-order valence-corrected chi connectivity index (χ2v) is 11.9. The largest absolute Gasteiger partial charge is 0.383 e. The first-order valence-electron chi connectivity index (χ1n) is 14.2. The Morgan fingerprint density at radius 2 is 1.93 bits per heavy atom. The Morgan fingerprint density at radius 1 is 1.17 bits per heavy atom. The number of likely N-dealkylation sites (N-methyl/N-ethyl adjacent to an activating group) is 1. The number of hydrogen-bond donors (Lipinski definition) is 0. The molecule has 0 amide bonds. The molecule has 220 valence electrons. The molecule has 1 saturated carbocycles. The number of aryl methyl sites for hydroxylation is 2. The molecule has 3 aromatic rings. The third kappa shape index (κ3) is 5.82. The molecule has 1 aromatic heterocycles. The summed E-state index contributed by atoms with van der Waals surface area (Å²) < 4.78 is 36.2. The van der Waals surface area contributed by atoms with Crippen molar-refractivity contribution in [1.29, 1.82) is 0 Å². The van der Waals surface area contributed by atoms with Gasteiger partial charge in [-0.05, 0) is 95.1 Å². The summed E-state index contributed by atoms with van der Waals surface area (Å²) in [7, 11) is 3.68. The maximum absolute atomic E-state index is 15.2. The van der Waals surface area contributed by atoms with Crippen LogP contribution in [0, 0.1) is 25.5 Å². The van der Waals surface area contributed by atoms with Crippen molar-refractivity contribution in [2.75, 3.05) is 40.4 Å². The van der Waals surface area contributed by atoms with Crippen LogP contribution in [0.3, 0.4) is 0 Å². The summed E-state index contributed by atoms with van der Waals surface area (Å²) in [6, 6.07) is 9.61. The zero-order chi connectivity index (χ0) is 29.3. The molecular weight excluding hydrogens is 548 g/mol. The molecule has 41 heavy (non-hydrogen) atoms. The van der Waals surface area contributed by atoms with Crippen molar-refractivity contribution in [2.45, 2.75) is 62.9 Å². The summed E-state index contributed by atoms with van der Waals surface area (Å²) in [4.78, 5) is 22.3. The third-order valence-corrected chi connectivity index (χ3v) is 9.48. The van der Waals surface area contributed by atoms with Crippen molar-refractivity contribution in [3.8, 4) is 5.69 Å². The molecule has 2 fully saturated rings. The van der Waals surface area contributed by atoms with Crippen molar-refractivity contribution >= 4 is 17.9 Å². The number of rotatable bonds is 9. The van der Waals surface area contributed by atoms with Gasteiger partial charge in [0.1, 0.15) is 29.6 Å². The van der Waals surface area contributed by atoms with Crippen LogP contribution in [0.5, 0.6) is 0 Å². The predicted octanol–water partition coefficient (Wildman–Crippen LogP) is 5.46. The highest BCUT2D eigenvalue weighted by Crippen LogP contribution is 2.49. The summed E-state index contributed by atoms with van der Waals surface area (Å²) in [6.07, 6.45) is 3.76. The van der Waals surface area contributed by atoms with Crippen molar-refractivity contribution in [3.63, 3.8) is 0 Å². The van der Waals surface area contributed by atoms with Gasteiger partial charge in [0.2, 0.25) is 0 Å². The number of ether oxygens (including phenoxy) is 1. The lowest BCUT2D eigenvalue weighted by molar-refractivity contribution is -0.120. The van der Waals surface area contributed by atoms with E-state index in [1.54, 1.807) is 7.11 Å². The van der Waals surface area contributed by atoms with Crippen molar-refractivity contribution in [2.24, 2.45) is 0 Å². The molecule has 7 nitrogen and oxygen atoms in total. The molecule has 1 saturated heterocycles. The van der Waals surface area contributed by atoms with E-state index in [9.17, 15) is 9.18 Å². The minimum absolute atomic E-state index is 0.0569. The van der Waals surface area contributed by atoms with Crippen LogP contribution in [0.1, 0.15) is 60.3 Å². The zero-order valence-electron chi connectivity index (χ0n) is 24.1. The molecule has 0 bridgehead atoms. The molecule has 0 radical (unpaired) electrons.